The summed E-state index contributed by atoms with van der Waals surface area (Å²) in [6, 6.07) is 15.0. The van der Waals surface area contributed by atoms with Gasteiger partial charge in [-0.3, -0.25) is 4.79 Å². The van der Waals surface area contributed by atoms with Gasteiger partial charge in [-0.05, 0) is 12.1 Å². The Bertz CT molecular complexity index is 880. The van der Waals surface area contributed by atoms with Crippen LogP contribution in [0.2, 0.25) is 0 Å². The third-order valence-electron chi connectivity index (χ3n) is 3.44. The van der Waals surface area contributed by atoms with Gasteiger partial charge in [-0.1, -0.05) is 41.4 Å². The van der Waals surface area contributed by atoms with Crippen molar-refractivity contribution in [1.82, 2.24) is 15.5 Å². The number of benzene rings is 1. The van der Waals surface area contributed by atoms with E-state index in [1.807, 2.05) is 36.4 Å². The maximum atomic E-state index is 11.7. The molecule has 3 rings (SSSR count). The summed E-state index contributed by atoms with van der Waals surface area (Å²) in [5.41, 5.74) is 2.19. The van der Waals surface area contributed by atoms with Gasteiger partial charge in [0.2, 0.25) is 0 Å². The number of amides is 1. The van der Waals surface area contributed by atoms with Gasteiger partial charge in [-0.15, -0.1) is 6.42 Å². The van der Waals surface area contributed by atoms with E-state index in [1.54, 1.807) is 12.1 Å². The number of hydrogen-bond acceptors (Lipinski definition) is 5. The molecule has 2 heterocycles. The monoisotopic (exact) mass is 332 g/mol. The molecule has 25 heavy (non-hydrogen) atoms. The lowest BCUT2D eigenvalue weighted by atomic mass is 10.2. The standard InChI is InChI=1S/C19H16N4O2/c1-2-10-20-19(24)15-8-9-18(21-12-15)22-13-16-11-17(25-23-16)14-6-4-3-5-7-14/h1,3-9,11-12H,10,13H2,(H,20,24)(H,21,22). The fourth-order valence-corrected chi connectivity index (χ4v) is 2.18. The van der Waals surface area contributed by atoms with Gasteiger partial charge in [0, 0.05) is 17.8 Å². The Labute approximate surface area is 145 Å². The van der Waals surface area contributed by atoms with Gasteiger partial charge < -0.3 is 15.2 Å². The van der Waals surface area contributed by atoms with Gasteiger partial charge in [-0.2, -0.15) is 0 Å². The van der Waals surface area contributed by atoms with Gasteiger partial charge in [0.25, 0.3) is 5.91 Å². The van der Waals surface area contributed by atoms with E-state index >= 15 is 0 Å². The molecule has 2 N–H and O–H groups in total. The maximum Gasteiger partial charge on any atom is 0.253 e. The van der Waals surface area contributed by atoms with Crippen molar-refractivity contribution >= 4 is 11.7 Å². The van der Waals surface area contributed by atoms with E-state index in [4.69, 9.17) is 10.9 Å². The van der Waals surface area contributed by atoms with Crippen LogP contribution in [0, 0.1) is 12.3 Å². The van der Waals surface area contributed by atoms with Crippen LogP contribution in [0.3, 0.4) is 0 Å². The summed E-state index contributed by atoms with van der Waals surface area (Å²) in [7, 11) is 0. The first-order valence-electron chi connectivity index (χ1n) is 7.69. The molecule has 0 aliphatic heterocycles. The summed E-state index contributed by atoms with van der Waals surface area (Å²) in [6.07, 6.45) is 6.60. The number of pyridine rings is 1. The maximum absolute atomic E-state index is 11.7. The topological polar surface area (TPSA) is 80.0 Å². The van der Waals surface area contributed by atoms with E-state index in [0.717, 1.165) is 11.3 Å². The summed E-state index contributed by atoms with van der Waals surface area (Å²) in [5, 5.41) is 9.76. The Morgan fingerprint density at radius 2 is 2.04 bits per heavy atom. The van der Waals surface area contributed by atoms with E-state index < -0.39 is 0 Å². The smallest absolute Gasteiger partial charge is 0.253 e. The highest BCUT2D eigenvalue weighted by Crippen LogP contribution is 2.20. The van der Waals surface area contributed by atoms with E-state index in [9.17, 15) is 4.79 Å². The first-order valence-corrected chi connectivity index (χ1v) is 7.69. The summed E-state index contributed by atoms with van der Waals surface area (Å²) in [4.78, 5) is 15.9. The second kappa shape index (κ2) is 7.79. The molecule has 6 nitrogen and oxygen atoms in total. The number of aromatic nitrogens is 2. The minimum atomic E-state index is -0.249. The van der Waals surface area contributed by atoms with Gasteiger partial charge in [0.15, 0.2) is 5.76 Å². The molecule has 0 radical (unpaired) electrons. The third-order valence-corrected chi connectivity index (χ3v) is 3.44. The van der Waals surface area contributed by atoms with E-state index in [-0.39, 0.29) is 12.5 Å². The SMILES string of the molecule is C#CCNC(=O)c1ccc(NCc2cc(-c3ccccc3)on2)nc1. The second-order valence-electron chi connectivity index (χ2n) is 5.22. The zero-order chi connectivity index (χ0) is 17.5. The van der Waals surface area contributed by atoms with Crippen molar-refractivity contribution < 1.29 is 9.32 Å². The molecule has 0 spiro atoms. The van der Waals surface area contributed by atoms with Crippen LogP contribution in [-0.2, 0) is 6.54 Å². The number of anilines is 1. The van der Waals surface area contributed by atoms with Crippen LogP contribution in [0.15, 0.2) is 59.3 Å². The second-order valence-corrected chi connectivity index (χ2v) is 5.22. The number of hydrogen-bond donors (Lipinski definition) is 2. The van der Waals surface area contributed by atoms with Crippen LogP contribution < -0.4 is 10.6 Å². The minimum absolute atomic E-state index is 0.189. The van der Waals surface area contributed by atoms with E-state index in [2.05, 4.69) is 26.7 Å². The van der Waals surface area contributed by atoms with Crippen molar-refractivity contribution in [2.24, 2.45) is 0 Å². The molecule has 0 bridgehead atoms. The predicted octanol–water partition coefficient (Wildman–Crippen LogP) is 2.71. The van der Waals surface area contributed by atoms with Crippen LogP contribution in [0.5, 0.6) is 0 Å². The lowest BCUT2D eigenvalue weighted by molar-refractivity contribution is 0.0958. The average molecular weight is 332 g/mol. The molecule has 0 aliphatic carbocycles. The lowest BCUT2D eigenvalue weighted by Gasteiger charge is -2.05. The third kappa shape index (κ3) is 4.24. The molecule has 0 unspecified atom stereocenters. The van der Waals surface area contributed by atoms with Crippen LogP contribution in [-0.4, -0.2) is 22.6 Å². The van der Waals surface area contributed by atoms with E-state index in [1.165, 1.54) is 6.20 Å². The van der Waals surface area contributed by atoms with Crippen LogP contribution in [0.1, 0.15) is 16.1 Å². The summed E-state index contributed by atoms with van der Waals surface area (Å²) in [6.45, 7) is 0.653. The van der Waals surface area contributed by atoms with Crippen molar-refractivity contribution in [2.75, 3.05) is 11.9 Å². The number of nitrogens with zero attached hydrogens (tertiary/aromatic N) is 2. The molecule has 1 aromatic carbocycles. The molecule has 0 fully saturated rings. The Balaban J connectivity index is 1.58. The van der Waals surface area contributed by atoms with Crippen LogP contribution in [0.4, 0.5) is 5.82 Å². The van der Waals surface area contributed by atoms with Gasteiger partial charge in [-0.25, -0.2) is 4.98 Å². The number of terminal acetylenes is 1. The van der Waals surface area contributed by atoms with E-state index in [0.29, 0.717) is 23.7 Å². The molecule has 124 valence electrons. The van der Waals surface area contributed by atoms with Crippen molar-refractivity contribution in [2.45, 2.75) is 6.54 Å². The highest BCUT2D eigenvalue weighted by atomic mass is 16.5. The molecule has 3 aromatic rings. The lowest BCUT2D eigenvalue weighted by Crippen LogP contribution is -2.23. The van der Waals surface area contributed by atoms with Crippen molar-refractivity contribution in [1.29, 1.82) is 0 Å². The molecule has 0 aliphatic rings. The summed E-state index contributed by atoms with van der Waals surface area (Å²) in [5.74, 6) is 3.45. The molecular weight excluding hydrogens is 316 g/mol. The zero-order valence-corrected chi connectivity index (χ0v) is 13.4. The fraction of sp³-hybridized carbons (Fsp3) is 0.105. The Hall–Kier alpha value is -3.59. The predicted molar refractivity (Wildman–Crippen MR) is 94.7 cm³/mol. The molecular formula is C19H16N4O2. The Morgan fingerprint density at radius 1 is 1.20 bits per heavy atom. The van der Waals surface area contributed by atoms with Crippen LogP contribution in [0.25, 0.3) is 11.3 Å². The highest BCUT2D eigenvalue weighted by Gasteiger charge is 2.07. The Morgan fingerprint density at radius 3 is 2.76 bits per heavy atom. The number of rotatable bonds is 6. The number of carbonyl (C=O) groups excluding carboxylic acids is 1. The quantitative estimate of drug-likeness (QED) is 0.679. The number of carbonyl (C=O) groups is 1. The van der Waals surface area contributed by atoms with Gasteiger partial charge in [0.1, 0.15) is 11.5 Å². The van der Waals surface area contributed by atoms with Crippen molar-refractivity contribution in [3.63, 3.8) is 0 Å². The molecule has 1 amide bonds. The molecule has 6 heteroatoms. The van der Waals surface area contributed by atoms with Gasteiger partial charge >= 0.3 is 0 Å². The average Bonchev–Trinajstić information content (AvgIpc) is 3.14. The number of nitrogens with one attached hydrogen (secondary N) is 2. The summed E-state index contributed by atoms with van der Waals surface area (Å²) < 4.78 is 5.35. The molecule has 0 atom stereocenters. The summed E-state index contributed by atoms with van der Waals surface area (Å²) >= 11 is 0. The fourth-order valence-electron chi connectivity index (χ4n) is 2.18. The molecule has 0 saturated heterocycles. The zero-order valence-electron chi connectivity index (χ0n) is 13.4. The normalized spacial score (nSPS) is 10.0. The van der Waals surface area contributed by atoms with Gasteiger partial charge in [0.05, 0.1) is 18.7 Å². The van der Waals surface area contributed by atoms with Crippen molar-refractivity contribution in [3.05, 3.63) is 66.0 Å². The first kappa shape index (κ1) is 16.3. The Kier molecular flexibility index (Phi) is 5.07. The van der Waals surface area contributed by atoms with Crippen molar-refractivity contribution in [3.8, 4) is 23.7 Å². The highest BCUT2D eigenvalue weighted by molar-refractivity contribution is 5.94. The molecule has 2 aromatic heterocycles. The van der Waals surface area contributed by atoms with Crippen LogP contribution >= 0.6 is 0 Å². The molecule has 0 saturated carbocycles. The first-order chi connectivity index (χ1) is 12.3. The largest absolute Gasteiger partial charge is 0.364 e. The minimum Gasteiger partial charge on any atom is -0.364 e.